The number of hydrogen-bond donors (Lipinski definition) is 2. The largest absolute Gasteiger partial charge is 0.451 e. The van der Waals surface area contributed by atoms with Gasteiger partial charge < -0.3 is 10.1 Å². The summed E-state index contributed by atoms with van der Waals surface area (Å²) in [5.74, 6) is -1.88. The van der Waals surface area contributed by atoms with Crippen molar-refractivity contribution in [3.63, 3.8) is 0 Å². The van der Waals surface area contributed by atoms with E-state index in [-0.39, 0.29) is 0 Å². The molecule has 1 heterocycles. The summed E-state index contributed by atoms with van der Waals surface area (Å²) in [7, 11) is 0. The summed E-state index contributed by atoms with van der Waals surface area (Å²) in [4.78, 5) is 48.0. The molecule has 126 valence electrons. The molecule has 0 saturated heterocycles. The van der Waals surface area contributed by atoms with E-state index in [2.05, 4.69) is 5.32 Å². The van der Waals surface area contributed by atoms with Crippen LogP contribution in [0.2, 0.25) is 0 Å². The summed E-state index contributed by atoms with van der Waals surface area (Å²) >= 11 is 0. The highest BCUT2D eigenvalue weighted by Crippen LogP contribution is 2.09. The molecule has 0 saturated carbocycles. The van der Waals surface area contributed by atoms with Gasteiger partial charge in [0, 0.05) is 18.0 Å². The number of ether oxygens (including phenoxy) is 1. The highest BCUT2D eigenvalue weighted by molar-refractivity contribution is 5.95. The predicted molar refractivity (Wildman–Crippen MR) is 81.9 cm³/mol. The fraction of sp³-hybridized carbons (Fsp3) is 0.200. The zero-order valence-electron chi connectivity index (χ0n) is 12.6. The molecular weight excluding hydrogens is 321 g/mol. The van der Waals surface area contributed by atoms with E-state index < -0.39 is 41.6 Å². The van der Waals surface area contributed by atoms with Crippen molar-refractivity contribution in [3.8, 4) is 0 Å². The smallest absolute Gasteiger partial charge is 0.328 e. The molecule has 1 atom stereocenters. The van der Waals surface area contributed by atoms with E-state index in [1.807, 2.05) is 4.98 Å². The number of nitrogens with one attached hydrogen (secondary N) is 2. The first-order valence-electron chi connectivity index (χ1n) is 6.91. The van der Waals surface area contributed by atoms with Gasteiger partial charge >= 0.3 is 11.7 Å². The van der Waals surface area contributed by atoms with Crippen LogP contribution in [0.5, 0.6) is 0 Å². The SMILES string of the molecule is C[C@@H](OC(=O)Cn1ccc(=O)[nH]c1=O)C(=O)Nc1ccc(F)cc1. The lowest BCUT2D eigenvalue weighted by Crippen LogP contribution is -2.34. The second-order valence-corrected chi connectivity index (χ2v) is 4.87. The van der Waals surface area contributed by atoms with Crippen molar-refractivity contribution in [1.29, 1.82) is 0 Å². The third-order valence-electron chi connectivity index (χ3n) is 2.99. The fourth-order valence-corrected chi connectivity index (χ4v) is 1.77. The van der Waals surface area contributed by atoms with E-state index in [1.165, 1.54) is 31.2 Å². The molecule has 0 unspecified atom stereocenters. The number of carbonyl (C=O) groups excluding carboxylic acids is 2. The molecule has 0 bridgehead atoms. The number of H-pyrrole nitrogens is 1. The Balaban J connectivity index is 1.92. The van der Waals surface area contributed by atoms with Crippen LogP contribution in [0.3, 0.4) is 0 Å². The molecule has 1 aromatic carbocycles. The van der Waals surface area contributed by atoms with Crippen LogP contribution in [0.15, 0.2) is 46.1 Å². The Morgan fingerprint density at radius 2 is 1.92 bits per heavy atom. The van der Waals surface area contributed by atoms with Crippen molar-refractivity contribution in [2.45, 2.75) is 19.6 Å². The number of halogens is 1. The molecule has 2 rings (SSSR count). The van der Waals surface area contributed by atoms with E-state index in [0.29, 0.717) is 5.69 Å². The first-order chi connectivity index (χ1) is 11.3. The number of amides is 1. The van der Waals surface area contributed by atoms with E-state index in [9.17, 15) is 23.6 Å². The first-order valence-corrected chi connectivity index (χ1v) is 6.91. The van der Waals surface area contributed by atoms with E-state index >= 15 is 0 Å². The van der Waals surface area contributed by atoms with Gasteiger partial charge in [0.15, 0.2) is 6.10 Å². The lowest BCUT2D eigenvalue weighted by molar-refractivity contribution is -0.153. The van der Waals surface area contributed by atoms with Gasteiger partial charge in [-0.05, 0) is 31.2 Å². The van der Waals surface area contributed by atoms with Crippen LogP contribution in [0.1, 0.15) is 6.92 Å². The number of rotatable bonds is 5. The zero-order chi connectivity index (χ0) is 17.7. The number of anilines is 1. The van der Waals surface area contributed by atoms with Crippen molar-refractivity contribution >= 4 is 17.6 Å². The van der Waals surface area contributed by atoms with Crippen molar-refractivity contribution in [1.82, 2.24) is 9.55 Å². The summed E-state index contributed by atoms with van der Waals surface area (Å²) in [5, 5.41) is 2.46. The van der Waals surface area contributed by atoms with Crippen molar-refractivity contribution in [2.75, 3.05) is 5.32 Å². The van der Waals surface area contributed by atoms with Gasteiger partial charge in [-0.1, -0.05) is 0 Å². The van der Waals surface area contributed by atoms with E-state index in [0.717, 1.165) is 16.8 Å². The second kappa shape index (κ2) is 7.36. The summed E-state index contributed by atoms with van der Waals surface area (Å²) in [6, 6.07) is 6.16. The van der Waals surface area contributed by atoms with E-state index in [4.69, 9.17) is 4.74 Å². The molecule has 0 spiro atoms. The van der Waals surface area contributed by atoms with Crippen molar-refractivity contribution in [3.05, 3.63) is 63.2 Å². The summed E-state index contributed by atoms with van der Waals surface area (Å²) < 4.78 is 18.6. The quantitative estimate of drug-likeness (QED) is 0.761. The molecular formula is C15H14FN3O5. The molecule has 9 heteroatoms. The van der Waals surface area contributed by atoms with E-state index in [1.54, 1.807) is 0 Å². The van der Waals surface area contributed by atoms with Crippen molar-refractivity contribution < 1.29 is 18.7 Å². The highest BCUT2D eigenvalue weighted by Gasteiger charge is 2.18. The van der Waals surface area contributed by atoms with Gasteiger partial charge in [-0.25, -0.2) is 9.18 Å². The Kier molecular flexibility index (Phi) is 5.25. The van der Waals surface area contributed by atoms with Gasteiger partial charge in [-0.2, -0.15) is 0 Å². The highest BCUT2D eigenvalue weighted by atomic mass is 19.1. The maximum absolute atomic E-state index is 12.8. The number of nitrogens with zero attached hydrogens (tertiary/aromatic N) is 1. The molecule has 24 heavy (non-hydrogen) atoms. The van der Waals surface area contributed by atoms with Crippen LogP contribution < -0.4 is 16.6 Å². The van der Waals surface area contributed by atoms with Crippen LogP contribution >= 0.6 is 0 Å². The normalized spacial score (nSPS) is 11.6. The molecule has 1 amide bonds. The van der Waals surface area contributed by atoms with Crippen LogP contribution in [0.25, 0.3) is 0 Å². The molecule has 2 aromatic rings. The molecule has 0 radical (unpaired) electrons. The molecule has 0 aliphatic carbocycles. The number of aromatic nitrogens is 2. The molecule has 2 N–H and O–H groups in total. The van der Waals surface area contributed by atoms with Crippen molar-refractivity contribution in [2.24, 2.45) is 0 Å². The standard InChI is InChI=1S/C15H14FN3O5/c1-9(14(22)17-11-4-2-10(16)3-5-11)24-13(21)8-19-7-6-12(20)18-15(19)23/h2-7,9H,8H2,1H3,(H,17,22)(H,18,20,23)/t9-/m1/s1. The van der Waals surface area contributed by atoms with Gasteiger partial charge in [-0.15, -0.1) is 0 Å². The summed E-state index contributed by atoms with van der Waals surface area (Å²) in [6.45, 7) is 0.899. The fourth-order valence-electron chi connectivity index (χ4n) is 1.77. The lowest BCUT2D eigenvalue weighted by Gasteiger charge is -2.14. The Hall–Kier alpha value is -3.23. The summed E-state index contributed by atoms with van der Waals surface area (Å²) in [5.41, 5.74) is -0.999. The zero-order valence-corrected chi connectivity index (χ0v) is 12.6. The molecule has 1 aromatic heterocycles. The average Bonchev–Trinajstić information content (AvgIpc) is 2.52. The number of esters is 1. The third kappa shape index (κ3) is 4.63. The molecule has 0 fully saturated rings. The molecule has 0 aliphatic heterocycles. The van der Waals surface area contributed by atoms with Crippen LogP contribution in [-0.2, 0) is 20.9 Å². The summed E-state index contributed by atoms with van der Waals surface area (Å²) in [6.07, 6.45) is 0.0205. The first kappa shape index (κ1) is 17.1. The molecule has 8 nitrogen and oxygen atoms in total. The second-order valence-electron chi connectivity index (χ2n) is 4.87. The Morgan fingerprint density at radius 1 is 1.25 bits per heavy atom. The average molecular weight is 335 g/mol. The number of carbonyl (C=O) groups is 2. The van der Waals surface area contributed by atoms with Gasteiger partial charge in [0.1, 0.15) is 12.4 Å². The van der Waals surface area contributed by atoms with Gasteiger partial charge in [0.25, 0.3) is 11.5 Å². The topological polar surface area (TPSA) is 110 Å². The Bertz CT molecular complexity index is 856. The number of benzene rings is 1. The third-order valence-corrected chi connectivity index (χ3v) is 2.99. The van der Waals surface area contributed by atoms with Crippen LogP contribution in [0.4, 0.5) is 10.1 Å². The minimum atomic E-state index is -1.12. The predicted octanol–water partition coefficient (Wildman–Crippen LogP) is 0.246. The minimum absolute atomic E-state index is 0.348. The lowest BCUT2D eigenvalue weighted by atomic mass is 10.3. The van der Waals surface area contributed by atoms with Crippen LogP contribution in [-0.4, -0.2) is 27.5 Å². The molecule has 0 aliphatic rings. The Morgan fingerprint density at radius 3 is 2.54 bits per heavy atom. The minimum Gasteiger partial charge on any atom is -0.451 e. The van der Waals surface area contributed by atoms with Crippen LogP contribution in [0, 0.1) is 5.82 Å². The maximum Gasteiger partial charge on any atom is 0.328 e. The van der Waals surface area contributed by atoms with Gasteiger partial charge in [0.05, 0.1) is 0 Å². The number of aromatic amines is 1. The van der Waals surface area contributed by atoms with Gasteiger partial charge in [0.2, 0.25) is 0 Å². The monoisotopic (exact) mass is 335 g/mol. The Labute approximate surface area is 134 Å². The number of hydrogen-bond acceptors (Lipinski definition) is 5. The maximum atomic E-state index is 12.8. The van der Waals surface area contributed by atoms with Gasteiger partial charge in [-0.3, -0.25) is 23.9 Å².